The normalized spacial score (nSPS) is 14.0. The summed E-state index contributed by atoms with van der Waals surface area (Å²) >= 11 is 1.35. The van der Waals surface area contributed by atoms with Gasteiger partial charge in [-0.15, -0.1) is 5.10 Å². The molecule has 0 spiro atoms. The molecule has 2 N–H and O–H groups in total. The van der Waals surface area contributed by atoms with E-state index in [1.54, 1.807) is 0 Å². The maximum absolute atomic E-state index is 12.2. The molecule has 4 rings (SSSR count). The summed E-state index contributed by atoms with van der Waals surface area (Å²) in [5, 5.41) is 10.8. The van der Waals surface area contributed by atoms with Gasteiger partial charge in [-0.05, 0) is 35.7 Å². The summed E-state index contributed by atoms with van der Waals surface area (Å²) in [6.45, 7) is 0.516. The molecule has 0 radical (unpaired) electrons. The molecule has 156 valence electrons. The smallest absolute Gasteiger partial charge is 0.234 e. The number of aromatic nitrogens is 3. The van der Waals surface area contributed by atoms with Gasteiger partial charge in [0.25, 0.3) is 0 Å². The van der Waals surface area contributed by atoms with Crippen molar-refractivity contribution in [3.05, 3.63) is 66.0 Å². The van der Waals surface area contributed by atoms with Gasteiger partial charge in [-0.2, -0.15) is 0 Å². The Morgan fingerprint density at radius 3 is 2.63 bits per heavy atom. The molecule has 1 amide bonds. The van der Waals surface area contributed by atoms with Gasteiger partial charge in [0, 0.05) is 12.1 Å². The summed E-state index contributed by atoms with van der Waals surface area (Å²) in [5.74, 6) is 2.60. The number of amides is 1. The Hall–Kier alpha value is -2.80. The average Bonchev–Trinajstić information content (AvgIpc) is 3.45. The molecule has 0 atom stereocenters. The van der Waals surface area contributed by atoms with Crippen LogP contribution in [0.1, 0.15) is 37.1 Å². The van der Waals surface area contributed by atoms with Gasteiger partial charge in [0.15, 0.2) is 0 Å². The third kappa shape index (κ3) is 6.10. The van der Waals surface area contributed by atoms with E-state index in [-0.39, 0.29) is 11.7 Å². The molecule has 3 aromatic rings. The van der Waals surface area contributed by atoms with Gasteiger partial charge < -0.3 is 10.1 Å². The summed E-state index contributed by atoms with van der Waals surface area (Å²) in [4.78, 5) is 16.7. The summed E-state index contributed by atoms with van der Waals surface area (Å²) in [7, 11) is 0. The molecule has 1 aliphatic carbocycles. The minimum Gasteiger partial charge on any atom is -0.489 e. The van der Waals surface area contributed by atoms with Gasteiger partial charge in [0.1, 0.15) is 18.2 Å². The lowest BCUT2D eigenvalue weighted by atomic mass is 10.0. The summed E-state index contributed by atoms with van der Waals surface area (Å²) in [5.41, 5.74) is 1.86. The lowest BCUT2D eigenvalue weighted by molar-refractivity contribution is -0.113. The van der Waals surface area contributed by atoms with Crippen LogP contribution < -0.4 is 10.1 Å². The molecule has 1 saturated carbocycles. The highest BCUT2D eigenvalue weighted by atomic mass is 32.2. The summed E-state index contributed by atoms with van der Waals surface area (Å²) in [6, 6.07) is 17.4. The van der Waals surface area contributed by atoms with Crippen molar-refractivity contribution in [3.8, 4) is 5.75 Å². The minimum absolute atomic E-state index is 0.0832. The quantitative estimate of drug-likeness (QED) is 0.482. The van der Waals surface area contributed by atoms with Crippen LogP contribution in [0.3, 0.4) is 0 Å². The third-order valence-corrected chi connectivity index (χ3v) is 6.03. The number of carbonyl (C=O) groups excluding carboxylic acids is 1. The van der Waals surface area contributed by atoms with Crippen molar-refractivity contribution in [2.24, 2.45) is 5.92 Å². The molecule has 0 aliphatic heterocycles. The van der Waals surface area contributed by atoms with E-state index in [9.17, 15) is 4.79 Å². The molecule has 2 aromatic carbocycles. The molecule has 30 heavy (non-hydrogen) atoms. The van der Waals surface area contributed by atoms with Crippen LogP contribution in [0.25, 0.3) is 0 Å². The fraction of sp³-hybridized carbons (Fsp3) is 0.348. The lowest BCUT2D eigenvalue weighted by Crippen LogP contribution is -2.14. The van der Waals surface area contributed by atoms with Crippen molar-refractivity contribution in [3.63, 3.8) is 0 Å². The first-order valence-electron chi connectivity index (χ1n) is 10.4. The zero-order valence-corrected chi connectivity index (χ0v) is 17.7. The number of benzene rings is 2. The molecular formula is C23H26N4O2S. The Morgan fingerprint density at radius 2 is 1.87 bits per heavy atom. The third-order valence-electron chi connectivity index (χ3n) is 5.19. The zero-order valence-electron chi connectivity index (χ0n) is 16.8. The highest BCUT2D eigenvalue weighted by Gasteiger charge is 2.17. The molecular weight excluding hydrogens is 396 g/mol. The van der Waals surface area contributed by atoms with Gasteiger partial charge in [-0.25, -0.2) is 4.98 Å². The van der Waals surface area contributed by atoms with Crippen LogP contribution in [-0.2, 0) is 17.8 Å². The summed E-state index contributed by atoms with van der Waals surface area (Å²) < 4.78 is 5.77. The van der Waals surface area contributed by atoms with E-state index in [1.807, 2.05) is 54.6 Å². The highest BCUT2D eigenvalue weighted by molar-refractivity contribution is 7.99. The predicted octanol–water partition coefficient (Wildman–Crippen LogP) is 4.85. The number of anilines is 1. The standard InChI is InChI=1S/C23H26N4O2S/c28-22(16-30-23-25-21(26-27-23)14-17-6-4-5-7-17)24-19-10-12-20(13-11-19)29-15-18-8-2-1-3-9-18/h1-3,8-13,17H,4-7,14-16H2,(H,24,28)(H,25,26,27). The Morgan fingerprint density at radius 1 is 1.10 bits per heavy atom. The molecule has 1 fully saturated rings. The van der Waals surface area contributed by atoms with Gasteiger partial charge in [-0.3, -0.25) is 9.89 Å². The number of rotatable bonds is 9. The van der Waals surface area contributed by atoms with Crippen molar-refractivity contribution in [1.82, 2.24) is 15.2 Å². The first-order chi connectivity index (χ1) is 14.7. The van der Waals surface area contributed by atoms with Crippen LogP contribution in [-0.4, -0.2) is 26.8 Å². The number of ether oxygens (including phenoxy) is 1. The Bertz CT molecular complexity index is 937. The molecule has 1 heterocycles. The Kier molecular flexibility index (Phi) is 7.03. The van der Waals surface area contributed by atoms with Crippen molar-refractivity contribution < 1.29 is 9.53 Å². The fourth-order valence-electron chi connectivity index (χ4n) is 3.62. The Labute approximate surface area is 180 Å². The van der Waals surface area contributed by atoms with Crippen LogP contribution in [0.4, 0.5) is 5.69 Å². The van der Waals surface area contributed by atoms with Gasteiger partial charge in [0.05, 0.1) is 5.75 Å². The Balaban J connectivity index is 1.20. The first-order valence-corrected chi connectivity index (χ1v) is 11.3. The van der Waals surface area contributed by atoms with Crippen LogP contribution in [0.5, 0.6) is 5.75 Å². The van der Waals surface area contributed by atoms with Crippen molar-refractivity contribution in [1.29, 1.82) is 0 Å². The largest absolute Gasteiger partial charge is 0.489 e. The number of carbonyl (C=O) groups is 1. The molecule has 7 heteroatoms. The monoisotopic (exact) mass is 422 g/mol. The number of hydrogen-bond donors (Lipinski definition) is 2. The van der Waals surface area contributed by atoms with Crippen molar-refractivity contribution in [2.75, 3.05) is 11.1 Å². The second kappa shape index (κ2) is 10.3. The van der Waals surface area contributed by atoms with E-state index in [1.165, 1.54) is 37.4 Å². The fourth-order valence-corrected chi connectivity index (χ4v) is 4.24. The predicted molar refractivity (Wildman–Crippen MR) is 119 cm³/mol. The number of thioether (sulfide) groups is 1. The number of aromatic amines is 1. The van der Waals surface area contributed by atoms with Crippen LogP contribution in [0, 0.1) is 5.92 Å². The van der Waals surface area contributed by atoms with E-state index in [0.29, 0.717) is 11.8 Å². The van der Waals surface area contributed by atoms with Crippen LogP contribution in [0.2, 0.25) is 0 Å². The molecule has 1 aromatic heterocycles. The number of H-pyrrole nitrogens is 1. The maximum atomic E-state index is 12.2. The van der Waals surface area contributed by atoms with Gasteiger partial charge >= 0.3 is 0 Å². The first kappa shape index (κ1) is 20.5. The zero-order chi connectivity index (χ0) is 20.6. The van der Waals surface area contributed by atoms with Crippen molar-refractivity contribution >= 4 is 23.4 Å². The second-order valence-corrected chi connectivity index (χ2v) is 8.50. The SMILES string of the molecule is O=C(CSc1n[nH]c(CC2CCCC2)n1)Nc1ccc(OCc2ccccc2)cc1. The van der Waals surface area contributed by atoms with Gasteiger partial charge in [0.2, 0.25) is 11.1 Å². The van der Waals surface area contributed by atoms with E-state index >= 15 is 0 Å². The van der Waals surface area contributed by atoms with Crippen LogP contribution >= 0.6 is 11.8 Å². The summed E-state index contributed by atoms with van der Waals surface area (Å²) in [6.07, 6.45) is 6.16. The van der Waals surface area contributed by atoms with Crippen molar-refractivity contribution in [2.45, 2.75) is 43.9 Å². The highest BCUT2D eigenvalue weighted by Crippen LogP contribution is 2.27. The molecule has 6 nitrogen and oxygen atoms in total. The van der Waals surface area contributed by atoms with E-state index in [4.69, 9.17) is 4.74 Å². The number of hydrogen-bond acceptors (Lipinski definition) is 5. The maximum Gasteiger partial charge on any atom is 0.234 e. The molecule has 0 unspecified atom stereocenters. The molecule has 0 bridgehead atoms. The van der Waals surface area contributed by atoms with Crippen LogP contribution in [0.15, 0.2) is 59.8 Å². The molecule has 0 saturated heterocycles. The topological polar surface area (TPSA) is 79.9 Å². The number of nitrogens with one attached hydrogen (secondary N) is 2. The van der Waals surface area contributed by atoms with E-state index in [2.05, 4.69) is 20.5 Å². The van der Waals surface area contributed by atoms with E-state index < -0.39 is 0 Å². The molecule has 1 aliphatic rings. The average molecular weight is 423 g/mol. The van der Waals surface area contributed by atoms with Gasteiger partial charge in [-0.1, -0.05) is 67.8 Å². The lowest BCUT2D eigenvalue weighted by Gasteiger charge is -2.08. The second-order valence-electron chi connectivity index (χ2n) is 7.55. The van der Waals surface area contributed by atoms with E-state index in [0.717, 1.165) is 35.2 Å². The number of nitrogens with zero attached hydrogens (tertiary/aromatic N) is 2. The minimum atomic E-state index is -0.0832.